The minimum absolute atomic E-state index is 0.435. The van der Waals surface area contributed by atoms with Gasteiger partial charge in [-0.15, -0.1) is 0 Å². The Hall–Kier alpha value is -0.120. The van der Waals surface area contributed by atoms with E-state index in [4.69, 9.17) is 5.73 Å². The molecule has 2 aliphatic heterocycles. The van der Waals surface area contributed by atoms with E-state index in [9.17, 15) is 0 Å². The quantitative estimate of drug-likeness (QED) is 0.849. The summed E-state index contributed by atoms with van der Waals surface area (Å²) in [6.45, 7) is 10.0. The lowest BCUT2D eigenvalue weighted by atomic mass is 9.70. The molecule has 1 aliphatic carbocycles. The summed E-state index contributed by atoms with van der Waals surface area (Å²) in [6, 6.07) is 1.29. The molecule has 3 fully saturated rings. The number of rotatable bonds is 2. The third-order valence-corrected chi connectivity index (χ3v) is 6.50. The Morgan fingerprint density at radius 2 is 1.95 bits per heavy atom. The van der Waals surface area contributed by atoms with E-state index in [1.807, 2.05) is 0 Å². The molecule has 21 heavy (non-hydrogen) atoms. The van der Waals surface area contributed by atoms with Gasteiger partial charge in [0.05, 0.1) is 0 Å². The minimum Gasteiger partial charge on any atom is -0.327 e. The smallest absolute Gasteiger partial charge is 0.0145 e. The van der Waals surface area contributed by atoms with Crippen molar-refractivity contribution in [3.8, 4) is 0 Å². The standard InChI is InChI=1S/C18H35N3/c1-18(2)8-6-16(19)15(11-18)13-21-10-7-17-14(12-21)5-4-9-20(17)3/h14-17H,4-13,19H2,1-3H3. The van der Waals surface area contributed by atoms with Crippen molar-refractivity contribution in [3.63, 3.8) is 0 Å². The highest BCUT2D eigenvalue weighted by atomic mass is 15.2. The van der Waals surface area contributed by atoms with E-state index >= 15 is 0 Å². The monoisotopic (exact) mass is 293 g/mol. The van der Waals surface area contributed by atoms with Crippen LogP contribution in [0.5, 0.6) is 0 Å². The Morgan fingerprint density at radius 1 is 1.14 bits per heavy atom. The van der Waals surface area contributed by atoms with Gasteiger partial charge in [0.25, 0.3) is 0 Å². The van der Waals surface area contributed by atoms with Gasteiger partial charge >= 0.3 is 0 Å². The topological polar surface area (TPSA) is 32.5 Å². The van der Waals surface area contributed by atoms with Gasteiger partial charge < -0.3 is 15.5 Å². The van der Waals surface area contributed by atoms with Crippen LogP contribution in [0.1, 0.15) is 52.4 Å². The molecule has 0 aromatic rings. The molecular formula is C18H35N3. The summed E-state index contributed by atoms with van der Waals surface area (Å²) in [5.41, 5.74) is 6.94. The number of nitrogens with zero attached hydrogens (tertiary/aromatic N) is 2. The van der Waals surface area contributed by atoms with Crippen molar-refractivity contribution in [1.29, 1.82) is 0 Å². The van der Waals surface area contributed by atoms with E-state index in [1.54, 1.807) is 0 Å². The Labute approximate surface area is 131 Å². The maximum absolute atomic E-state index is 6.44. The molecule has 2 saturated heterocycles. The number of piperidine rings is 2. The van der Waals surface area contributed by atoms with Crippen molar-refractivity contribution in [1.82, 2.24) is 9.80 Å². The van der Waals surface area contributed by atoms with Crippen LogP contribution in [0.15, 0.2) is 0 Å². The molecule has 2 N–H and O–H groups in total. The fourth-order valence-electron chi connectivity index (χ4n) is 5.18. The van der Waals surface area contributed by atoms with Crippen LogP contribution in [0.3, 0.4) is 0 Å². The van der Waals surface area contributed by atoms with Crippen LogP contribution < -0.4 is 5.73 Å². The Kier molecular flexibility index (Phi) is 4.63. The average molecular weight is 293 g/mol. The highest BCUT2D eigenvalue weighted by Gasteiger charge is 2.37. The predicted octanol–water partition coefficient (Wildman–Crippen LogP) is 2.56. The Bertz CT molecular complexity index is 354. The molecule has 2 heterocycles. The van der Waals surface area contributed by atoms with Crippen LogP contribution in [0, 0.1) is 17.3 Å². The first-order valence-electron chi connectivity index (χ1n) is 9.13. The fourth-order valence-corrected chi connectivity index (χ4v) is 5.18. The van der Waals surface area contributed by atoms with E-state index < -0.39 is 0 Å². The van der Waals surface area contributed by atoms with E-state index in [0.29, 0.717) is 17.4 Å². The van der Waals surface area contributed by atoms with Crippen molar-refractivity contribution in [3.05, 3.63) is 0 Å². The summed E-state index contributed by atoms with van der Waals surface area (Å²) >= 11 is 0. The third-order valence-electron chi connectivity index (χ3n) is 6.50. The predicted molar refractivity (Wildman–Crippen MR) is 89.3 cm³/mol. The number of hydrogen-bond acceptors (Lipinski definition) is 3. The number of hydrogen-bond donors (Lipinski definition) is 1. The molecule has 3 heteroatoms. The fraction of sp³-hybridized carbons (Fsp3) is 1.00. The molecule has 3 aliphatic rings. The SMILES string of the molecule is CN1CCCC2CN(CC3CC(C)(C)CCC3N)CCC21. The second kappa shape index (κ2) is 6.17. The second-order valence-corrected chi connectivity index (χ2v) is 8.83. The van der Waals surface area contributed by atoms with Gasteiger partial charge in [-0.2, -0.15) is 0 Å². The van der Waals surface area contributed by atoms with Gasteiger partial charge in [0.1, 0.15) is 0 Å². The lowest BCUT2D eigenvalue weighted by Crippen LogP contribution is -2.54. The first kappa shape index (κ1) is 15.8. The molecule has 1 saturated carbocycles. The molecule has 4 unspecified atom stereocenters. The Balaban J connectivity index is 1.56. The van der Waals surface area contributed by atoms with Crippen molar-refractivity contribution < 1.29 is 0 Å². The summed E-state index contributed by atoms with van der Waals surface area (Å²) in [4.78, 5) is 5.35. The Morgan fingerprint density at radius 3 is 2.76 bits per heavy atom. The van der Waals surface area contributed by atoms with Crippen LogP contribution in [0.2, 0.25) is 0 Å². The lowest BCUT2D eigenvalue weighted by Gasteiger charge is -2.48. The molecule has 3 nitrogen and oxygen atoms in total. The molecule has 0 aromatic heterocycles. The zero-order valence-corrected chi connectivity index (χ0v) is 14.4. The molecule has 3 rings (SSSR count). The van der Waals surface area contributed by atoms with Crippen LogP contribution in [-0.2, 0) is 0 Å². The molecule has 0 aromatic carbocycles. The number of nitrogens with two attached hydrogens (primary N) is 1. The van der Waals surface area contributed by atoms with Crippen molar-refractivity contribution in [2.75, 3.05) is 33.2 Å². The number of likely N-dealkylation sites (tertiary alicyclic amines) is 2. The summed E-state index contributed by atoms with van der Waals surface area (Å²) in [7, 11) is 2.33. The van der Waals surface area contributed by atoms with Crippen molar-refractivity contribution >= 4 is 0 Å². The highest BCUT2D eigenvalue weighted by Crippen LogP contribution is 2.39. The van der Waals surface area contributed by atoms with E-state index in [1.165, 1.54) is 64.7 Å². The molecule has 0 bridgehead atoms. The third kappa shape index (κ3) is 3.62. The maximum Gasteiger partial charge on any atom is 0.0145 e. The molecular weight excluding hydrogens is 258 g/mol. The van der Waals surface area contributed by atoms with Gasteiger partial charge in [-0.25, -0.2) is 0 Å². The van der Waals surface area contributed by atoms with Crippen molar-refractivity contribution in [2.24, 2.45) is 23.0 Å². The van der Waals surface area contributed by atoms with Gasteiger partial charge in [0, 0.05) is 25.2 Å². The maximum atomic E-state index is 6.44. The zero-order valence-electron chi connectivity index (χ0n) is 14.4. The first-order chi connectivity index (χ1) is 9.94. The van der Waals surface area contributed by atoms with Gasteiger partial charge in [-0.1, -0.05) is 13.8 Å². The molecule has 4 atom stereocenters. The van der Waals surface area contributed by atoms with Crippen LogP contribution in [-0.4, -0.2) is 55.1 Å². The van der Waals surface area contributed by atoms with Crippen molar-refractivity contribution in [2.45, 2.75) is 64.5 Å². The number of fused-ring (bicyclic) bond motifs is 1. The van der Waals surface area contributed by atoms with Crippen LogP contribution in [0.25, 0.3) is 0 Å². The van der Waals surface area contributed by atoms with Crippen LogP contribution in [0.4, 0.5) is 0 Å². The molecule has 0 radical (unpaired) electrons. The second-order valence-electron chi connectivity index (χ2n) is 8.83. The van der Waals surface area contributed by atoms with Gasteiger partial charge in [0.2, 0.25) is 0 Å². The molecule has 0 spiro atoms. The van der Waals surface area contributed by atoms with E-state index in [-0.39, 0.29) is 0 Å². The minimum atomic E-state index is 0.435. The van der Waals surface area contributed by atoms with E-state index in [0.717, 1.165) is 12.0 Å². The zero-order chi connectivity index (χ0) is 15.0. The van der Waals surface area contributed by atoms with Crippen LogP contribution >= 0.6 is 0 Å². The highest BCUT2D eigenvalue weighted by molar-refractivity contribution is 4.93. The average Bonchev–Trinajstić information content (AvgIpc) is 2.43. The summed E-state index contributed by atoms with van der Waals surface area (Å²) in [5, 5.41) is 0. The van der Waals surface area contributed by atoms with E-state index in [2.05, 4.69) is 30.7 Å². The van der Waals surface area contributed by atoms with Gasteiger partial charge in [-0.05, 0) is 75.9 Å². The summed E-state index contributed by atoms with van der Waals surface area (Å²) in [6.07, 6.45) is 8.04. The normalized spacial score (nSPS) is 41.7. The summed E-state index contributed by atoms with van der Waals surface area (Å²) < 4.78 is 0. The van der Waals surface area contributed by atoms with Gasteiger partial charge in [-0.3, -0.25) is 0 Å². The molecule has 0 amide bonds. The molecule has 122 valence electrons. The van der Waals surface area contributed by atoms with Gasteiger partial charge in [0.15, 0.2) is 0 Å². The lowest BCUT2D eigenvalue weighted by molar-refractivity contribution is 0.0215. The largest absolute Gasteiger partial charge is 0.327 e. The summed E-state index contributed by atoms with van der Waals surface area (Å²) in [5.74, 6) is 1.62. The first-order valence-corrected chi connectivity index (χ1v) is 9.13.